The largest absolute Gasteiger partial charge is 0.427 e. The molecule has 3 nitrogen and oxygen atoms in total. The van der Waals surface area contributed by atoms with Crippen LogP contribution in [0.5, 0.6) is 11.5 Å². The summed E-state index contributed by atoms with van der Waals surface area (Å²) in [6.07, 6.45) is 0. The summed E-state index contributed by atoms with van der Waals surface area (Å²) >= 11 is 0. The summed E-state index contributed by atoms with van der Waals surface area (Å²) in [5.41, 5.74) is 8.20. The molecule has 0 saturated carbocycles. The van der Waals surface area contributed by atoms with E-state index in [-0.39, 0.29) is 0 Å². The van der Waals surface area contributed by atoms with E-state index in [0.29, 0.717) is 0 Å². The first-order valence-electron chi connectivity index (χ1n) is 5.67. The summed E-state index contributed by atoms with van der Waals surface area (Å²) in [5.74, 6) is 1.45. The van der Waals surface area contributed by atoms with Crippen LogP contribution in [0.1, 0.15) is 11.1 Å². The van der Waals surface area contributed by atoms with E-state index in [1.165, 1.54) is 11.1 Å². The van der Waals surface area contributed by atoms with E-state index < -0.39 is 8.53 Å². The van der Waals surface area contributed by atoms with E-state index in [4.69, 9.17) is 14.6 Å². The molecule has 0 bridgehead atoms. The first-order chi connectivity index (χ1) is 8.63. The van der Waals surface area contributed by atoms with Crippen LogP contribution in [-0.2, 0) is 0 Å². The van der Waals surface area contributed by atoms with E-state index in [1.54, 1.807) is 0 Å². The second-order valence-corrected chi connectivity index (χ2v) is 5.03. The van der Waals surface area contributed by atoms with Gasteiger partial charge in [0, 0.05) is 0 Å². The Labute approximate surface area is 109 Å². The molecule has 4 heteroatoms. The van der Waals surface area contributed by atoms with Gasteiger partial charge in [0.1, 0.15) is 11.5 Å². The summed E-state index contributed by atoms with van der Waals surface area (Å²) in [6.45, 7) is 4.05. The van der Waals surface area contributed by atoms with Crippen LogP contribution in [0.15, 0.2) is 48.5 Å². The second kappa shape index (κ2) is 5.85. The van der Waals surface area contributed by atoms with Gasteiger partial charge in [0.05, 0.1) is 0 Å². The molecule has 18 heavy (non-hydrogen) atoms. The molecule has 0 aliphatic carbocycles. The molecule has 94 valence electrons. The van der Waals surface area contributed by atoms with Gasteiger partial charge in [-0.15, -0.1) is 0 Å². The number of hydrogen-bond donors (Lipinski definition) is 1. The van der Waals surface area contributed by atoms with Crippen molar-refractivity contribution >= 4 is 8.53 Å². The van der Waals surface area contributed by atoms with E-state index >= 15 is 0 Å². The summed E-state index contributed by atoms with van der Waals surface area (Å²) in [6, 6.07) is 15.4. The SMILES string of the molecule is Cc1ccc(OP(N)Oc2ccc(C)cc2)cc1. The fraction of sp³-hybridized carbons (Fsp3) is 0.143. The lowest BCUT2D eigenvalue weighted by Gasteiger charge is -2.14. The minimum atomic E-state index is -1.45. The molecular formula is C14H16NO2P. The third-order valence-corrected chi connectivity index (χ3v) is 3.21. The van der Waals surface area contributed by atoms with Gasteiger partial charge in [-0.3, -0.25) is 0 Å². The summed E-state index contributed by atoms with van der Waals surface area (Å²) < 4.78 is 11.0. The number of rotatable bonds is 4. The second-order valence-electron chi connectivity index (χ2n) is 4.09. The van der Waals surface area contributed by atoms with Crippen molar-refractivity contribution in [3.63, 3.8) is 0 Å². The van der Waals surface area contributed by atoms with Gasteiger partial charge in [0.2, 0.25) is 0 Å². The van der Waals surface area contributed by atoms with Crippen LogP contribution in [0.2, 0.25) is 0 Å². The summed E-state index contributed by atoms with van der Waals surface area (Å²) in [7, 11) is -1.45. The Bertz CT molecular complexity index is 449. The monoisotopic (exact) mass is 261 g/mol. The lowest BCUT2D eigenvalue weighted by atomic mass is 10.2. The van der Waals surface area contributed by atoms with Gasteiger partial charge in [-0.1, -0.05) is 35.4 Å². The van der Waals surface area contributed by atoms with Gasteiger partial charge >= 0.3 is 8.53 Å². The Kier molecular flexibility index (Phi) is 4.19. The highest BCUT2D eigenvalue weighted by molar-refractivity contribution is 7.45. The van der Waals surface area contributed by atoms with Crippen molar-refractivity contribution in [2.45, 2.75) is 13.8 Å². The van der Waals surface area contributed by atoms with Crippen molar-refractivity contribution in [1.29, 1.82) is 0 Å². The molecule has 0 amide bonds. The third kappa shape index (κ3) is 3.73. The topological polar surface area (TPSA) is 44.5 Å². The average Bonchev–Trinajstić information content (AvgIpc) is 2.35. The average molecular weight is 261 g/mol. The standard InChI is InChI=1S/C14H16NO2P/c1-11-3-7-13(8-4-11)16-18(15)17-14-9-5-12(2)6-10-14/h3-10H,15H2,1-2H3. The van der Waals surface area contributed by atoms with Crippen LogP contribution >= 0.6 is 8.53 Å². The van der Waals surface area contributed by atoms with Gasteiger partial charge in [-0.2, -0.15) is 0 Å². The first kappa shape index (κ1) is 12.9. The third-order valence-electron chi connectivity index (χ3n) is 2.43. The molecule has 0 spiro atoms. The van der Waals surface area contributed by atoms with Gasteiger partial charge in [0.25, 0.3) is 0 Å². The number of hydrogen-bond acceptors (Lipinski definition) is 3. The maximum absolute atomic E-state index is 5.83. The van der Waals surface area contributed by atoms with Gasteiger partial charge in [-0.05, 0) is 38.1 Å². The molecule has 2 N–H and O–H groups in total. The molecule has 0 saturated heterocycles. The first-order valence-corrected chi connectivity index (χ1v) is 6.92. The van der Waals surface area contributed by atoms with Gasteiger partial charge < -0.3 is 9.05 Å². The van der Waals surface area contributed by atoms with Crippen molar-refractivity contribution in [3.8, 4) is 11.5 Å². The molecule has 0 unspecified atom stereocenters. The molecule has 2 aromatic carbocycles. The zero-order valence-corrected chi connectivity index (χ0v) is 11.4. The summed E-state index contributed by atoms with van der Waals surface area (Å²) in [5, 5.41) is 0. The molecule has 0 radical (unpaired) electrons. The van der Waals surface area contributed by atoms with Crippen LogP contribution in [0.4, 0.5) is 0 Å². The van der Waals surface area contributed by atoms with Gasteiger partial charge in [0.15, 0.2) is 0 Å². The van der Waals surface area contributed by atoms with Gasteiger partial charge in [-0.25, -0.2) is 5.50 Å². The molecular weight excluding hydrogens is 245 g/mol. The van der Waals surface area contributed by atoms with E-state index in [0.717, 1.165) is 11.5 Å². The van der Waals surface area contributed by atoms with Crippen LogP contribution < -0.4 is 14.6 Å². The van der Waals surface area contributed by atoms with E-state index in [9.17, 15) is 0 Å². The maximum atomic E-state index is 5.83. The molecule has 0 heterocycles. The maximum Gasteiger partial charge on any atom is 0.378 e. The molecule has 0 aromatic heterocycles. The Morgan fingerprint density at radius 1 is 0.722 bits per heavy atom. The minimum Gasteiger partial charge on any atom is -0.427 e. The van der Waals surface area contributed by atoms with Crippen molar-refractivity contribution in [2.75, 3.05) is 0 Å². The Morgan fingerprint density at radius 2 is 1.06 bits per heavy atom. The smallest absolute Gasteiger partial charge is 0.378 e. The van der Waals surface area contributed by atoms with Crippen LogP contribution in [0.25, 0.3) is 0 Å². The number of nitrogens with two attached hydrogens (primary N) is 1. The van der Waals surface area contributed by atoms with Crippen molar-refractivity contribution in [2.24, 2.45) is 5.50 Å². The minimum absolute atomic E-state index is 0.723. The highest BCUT2D eigenvalue weighted by Crippen LogP contribution is 2.33. The normalized spacial score (nSPS) is 10.4. The van der Waals surface area contributed by atoms with Crippen LogP contribution in [0.3, 0.4) is 0 Å². The van der Waals surface area contributed by atoms with Crippen molar-refractivity contribution < 1.29 is 9.05 Å². The molecule has 2 rings (SSSR count). The zero-order chi connectivity index (χ0) is 13.0. The Hall–Kier alpha value is -1.57. The quantitative estimate of drug-likeness (QED) is 0.847. The molecule has 0 fully saturated rings. The predicted octanol–water partition coefficient (Wildman–Crippen LogP) is 3.95. The molecule has 2 aromatic rings. The highest BCUT2D eigenvalue weighted by Gasteiger charge is 2.08. The lowest BCUT2D eigenvalue weighted by molar-refractivity contribution is 0.491. The van der Waals surface area contributed by atoms with E-state index in [1.807, 2.05) is 62.4 Å². The fourth-order valence-electron chi connectivity index (χ4n) is 1.42. The molecule has 0 aliphatic heterocycles. The zero-order valence-electron chi connectivity index (χ0n) is 10.5. The van der Waals surface area contributed by atoms with Crippen LogP contribution in [0, 0.1) is 13.8 Å². The number of benzene rings is 2. The van der Waals surface area contributed by atoms with Crippen LogP contribution in [-0.4, -0.2) is 0 Å². The van der Waals surface area contributed by atoms with E-state index in [2.05, 4.69) is 0 Å². The fourth-order valence-corrected chi connectivity index (χ4v) is 2.12. The van der Waals surface area contributed by atoms with Crippen molar-refractivity contribution in [3.05, 3.63) is 59.7 Å². The lowest BCUT2D eigenvalue weighted by Crippen LogP contribution is -2.03. The predicted molar refractivity (Wildman–Crippen MR) is 74.7 cm³/mol. The number of aryl methyl sites for hydroxylation is 2. The Morgan fingerprint density at radius 3 is 1.39 bits per heavy atom. The van der Waals surface area contributed by atoms with Crippen molar-refractivity contribution in [1.82, 2.24) is 0 Å². The molecule has 0 aliphatic rings. The highest BCUT2D eigenvalue weighted by atomic mass is 31.2. The molecule has 0 atom stereocenters. The summed E-state index contributed by atoms with van der Waals surface area (Å²) in [4.78, 5) is 0. The Balaban J connectivity index is 1.94.